The molecule has 1 aromatic carbocycles. The number of carboxylic acid groups (broad SMARTS) is 1. The maximum atomic E-state index is 11.0. The first-order valence-corrected chi connectivity index (χ1v) is 6.61. The summed E-state index contributed by atoms with van der Waals surface area (Å²) >= 11 is 6.14. The standard InChI is InChI=1S/C15H11ClN2O3/c16-11-3-4-12(13-10(11)2-1-6-17-13)18-8-9-5-7-21-14(9)15(19)20/h1-7,18H,8H2,(H,19,20). The molecule has 2 N–H and O–H groups in total. The fourth-order valence-corrected chi connectivity index (χ4v) is 2.35. The van der Waals surface area contributed by atoms with E-state index in [0.29, 0.717) is 17.1 Å². The number of carbonyl (C=O) groups is 1. The predicted octanol–water partition coefficient (Wildman–Crippen LogP) is 3.79. The number of aromatic nitrogens is 1. The highest BCUT2D eigenvalue weighted by molar-refractivity contribution is 6.35. The zero-order chi connectivity index (χ0) is 14.8. The van der Waals surface area contributed by atoms with Crippen LogP contribution >= 0.6 is 11.6 Å². The molecule has 0 aliphatic heterocycles. The summed E-state index contributed by atoms with van der Waals surface area (Å²) in [6.07, 6.45) is 3.04. The number of pyridine rings is 1. The Morgan fingerprint density at radius 2 is 2.19 bits per heavy atom. The van der Waals surface area contributed by atoms with Gasteiger partial charge in [0.2, 0.25) is 5.76 Å². The van der Waals surface area contributed by atoms with Gasteiger partial charge < -0.3 is 14.8 Å². The summed E-state index contributed by atoms with van der Waals surface area (Å²) in [5.41, 5.74) is 2.10. The molecule has 3 rings (SSSR count). The van der Waals surface area contributed by atoms with Crippen LogP contribution in [0.25, 0.3) is 10.9 Å². The molecule has 21 heavy (non-hydrogen) atoms. The van der Waals surface area contributed by atoms with Crippen LogP contribution in [-0.4, -0.2) is 16.1 Å². The Morgan fingerprint density at radius 3 is 3.00 bits per heavy atom. The molecule has 0 aliphatic rings. The van der Waals surface area contributed by atoms with Crippen LogP contribution in [0.1, 0.15) is 16.1 Å². The average Bonchev–Trinajstić information content (AvgIpc) is 2.96. The van der Waals surface area contributed by atoms with Crippen molar-refractivity contribution in [2.75, 3.05) is 5.32 Å². The van der Waals surface area contributed by atoms with Crippen LogP contribution in [0.4, 0.5) is 5.69 Å². The first-order valence-electron chi connectivity index (χ1n) is 6.23. The van der Waals surface area contributed by atoms with Crippen LogP contribution in [0.15, 0.2) is 47.2 Å². The molecule has 6 heteroatoms. The Bertz CT molecular complexity index is 814. The van der Waals surface area contributed by atoms with Gasteiger partial charge in [0, 0.05) is 23.7 Å². The fraction of sp³-hybridized carbons (Fsp3) is 0.0667. The summed E-state index contributed by atoms with van der Waals surface area (Å²) in [5.74, 6) is -1.15. The van der Waals surface area contributed by atoms with Gasteiger partial charge in [0.1, 0.15) is 0 Å². The first-order chi connectivity index (χ1) is 10.2. The number of hydrogen-bond acceptors (Lipinski definition) is 4. The third-order valence-electron chi connectivity index (χ3n) is 3.13. The monoisotopic (exact) mass is 302 g/mol. The number of carboxylic acids is 1. The molecule has 0 aliphatic carbocycles. The van der Waals surface area contributed by atoms with Crippen LogP contribution in [0.5, 0.6) is 0 Å². The molecular weight excluding hydrogens is 292 g/mol. The molecule has 3 aromatic rings. The first kappa shape index (κ1) is 13.5. The van der Waals surface area contributed by atoms with Crippen LogP contribution in [-0.2, 0) is 6.54 Å². The molecule has 0 saturated heterocycles. The third-order valence-corrected chi connectivity index (χ3v) is 3.46. The second-order valence-corrected chi connectivity index (χ2v) is 4.84. The molecule has 0 atom stereocenters. The van der Waals surface area contributed by atoms with Gasteiger partial charge in [0.15, 0.2) is 0 Å². The highest BCUT2D eigenvalue weighted by atomic mass is 35.5. The van der Waals surface area contributed by atoms with Crippen LogP contribution < -0.4 is 5.32 Å². The van der Waals surface area contributed by atoms with E-state index in [9.17, 15) is 4.79 Å². The molecule has 5 nitrogen and oxygen atoms in total. The SMILES string of the molecule is O=C(O)c1occc1CNc1ccc(Cl)c2cccnc12. The molecule has 0 saturated carbocycles. The Hall–Kier alpha value is -2.53. The van der Waals surface area contributed by atoms with E-state index >= 15 is 0 Å². The average molecular weight is 303 g/mol. The second kappa shape index (κ2) is 5.46. The van der Waals surface area contributed by atoms with Crippen molar-refractivity contribution in [2.24, 2.45) is 0 Å². The topological polar surface area (TPSA) is 75.4 Å². The van der Waals surface area contributed by atoms with Gasteiger partial charge in [-0.25, -0.2) is 4.79 Å². The largest absolute Gasteiger partial charge is 0.475 e. The van der Waals surface area contributed by atoms with Crippen molar-refractivity contribution in [2.45, 2.75) is 6.54 Å². The van der Waals surface area contributed by atoms with Crippen molar-refractivity contribution in [1.82, 2.24) is 4.98 Å². The second-order valence-electron chi connectivity index (χ2n) is 4.43. The highest BCUT2D eigenvalue weighted by Crippen LogP contribution is 2.28. The quantitative estimate of drug-likeness (QED) is 0.767. The minimum absolute atomic E-state index is 0.0614. The Labute approximate surface area is 125 Å². The minimum Gasteiger partial charge on any atom is -0.475 e. The number of fused-ring (bicyclic) bond motifs is 1. The van der Waals surface area contributed by atoms with Gasteiger partial charge in [-0.2, -0.15) is 0 Å². The van der Waals surface area contributed by atoms with Crippen molar-refractivity contribution in [3.05, 3.63) is 59.1 Å². The number of nitrogens with one attached hydrogen (secondary N) is 1. The zero-order valence-corrected chi connectivity index (χ0v) is 11.6. The number of rotatable bonds is 4. The van der Waals surface area contributed by atoms with E-state index in [1.54, 1.807) is 18.3 Å². The number of nitrogens with zero attached hydrogens (tertiary/aromatic N) is 1. The molecule has 2 heterocycles. The normalized spacial score (nSPS) is 10.7. The third kappa shape index (κ3) is 2.55. The summed E-state index contributed by atoms with van der Waals surface area (Å²) < 4.78 is 4.94. The van der Waals surface area contributed by atoms with E-state index in [1.807, 2.05) is 18.2 Å². The summed E-state index contributed by atoms with van der Waals surface area (Å²) in [4.78, 5) is 15.3. The van der Waals surface area contributed by atoms with Gasteiger partial charge in [-0.05, 0) is 30.3 Å². The lowest BCUT2D eigenvalue weighted by Crippen LogP contribution is -2.05. The lowest BCUT2D eigenvalue weighted by atomic mass is 10.1. The van der Waals surface area contributed by atoms with Crippen molar-refractivity contribution in [3.8, 4) is 0 Å². The van der Waals surface area contributed by atoms with Crippen LogP contribution in [0, 0.1) is 0 Å². The molecule has 0 amide bonds. The number of furan rings is 1. The Kier molecular flexibility index (Phi) is 3.50. The number of halogens is 1. The molecular formula is C15H11ClN2O3. The van der Waals surface area contributed by atoms with E-state index in [1.165, 1.54) is 6.26 Å². The maximum absolute atomic E-state index is 11.0. The van der Waals surface area contributed by atoms with Crippen LogP contribution in [0.3, 0.4) is 0 Å². The van der Waals surface area contributed by atoms with E-state index in [4.69, 9.17) is 21.1 Å². The Morgan fingerprint density at radius 1 is 1.33 bits per heavy atom. The van der Waals surface area contributed by atoms with Crippen molar-refractivity contribution in [1.29, 1.82) is 0 Å². The maximum Gasteiger partial charge on any atom is 0.372 e. The van der Waals surface area contributed by atoms with Gasteiger partial charge in [0.05, 0.1) is 22.5 Å². The molecule has 0 spiro atoms. The van der Waals surface area contributed by atoms with Gasteiger partial charge in [-0.15, -0.1) is 0 Å². The number of aromatic carboxylic acids is 1. The summed E-state index contributed by atoms with van der Waals surface area (Å²) in [7, 11) is 0. The Balaban J connectivity index is 1.91. The van der Waals surface area contributed by atoms with Crippen molar-refractivity contribution in [3.63, 3.8) is 0 Å². The van der Waals surface area contributed by atoms with Gasteiger partial charge in [-0.3, -0.25) is 4.98 Å². The summed E-state index contributed by atoms with van der Waals surface area (Å²) in [5, 5.41) is 13.6. The highest BCUT2D eigenvalue weighted by Gasteiger charge is 2.14. The summed E-state index contributed by atoms with van der Waals surface area (Å²) in [6.45, 7) is 0.325. The molecule has 0 bridgehead atoms. The summed E-state index contributed by atoms with van der Waals surface area (Å²) in [6, 6.07) is 8.93. The molecule has 2 aromatic heterocycles. The molecule has 0 fully saturated rings. The number of anilines is 1. The number of hydrogen-bond donors (Lipinski definition) is 2. The molecule has 0 radical (unpaired) electrons. The van der Waals surface area contributed by atoms with Crippen molar-refractivity contribution >= 4 is 34.2 Å². The van der Waals surface area contributed by atoms with Gasteiger partial charge >= 0.3 is 5.97 Å². The van der Waals surface area contributed by atoms with E-state index in [-0.39, 0.29) is 5.76 Å². The zero-order valence-electron chi connectivity index (χ0n) is 10.8. The van der Waals surface area contributed by atoms with Gasteiger partial charge in [-0.1, -0.05) is 11.6 Å². The van der Waals surface area contributed by atoms with E-state index in [2.05, 4.69) is 10.3 Å². The number of benzene rings is 1. The smallest absolute Gasteiger partial charge is 0.372 e. The van der Waals surface area contributed by atoms with E-state index in [0.717, 1.165) is 16.6 Å². The fourth-order valence-electron chi connectivity index (χ4n) is 2.13. The lowest BCUT2D eigenvalue weighted by Gasteiger charge is -2.09. The predicted molar refractivity (Wildman–Crippen MR) is 79.7 cm³/mol. The van der Waals surface area contributed by atoms with Gasteiger partial charge in [0.25, 0.3) is 0 Å². The molecule has 106 valence electrons. The van der Waals surface area contributed by atoms with E-state index < -0.39 is 5.97 Å². The lowest BCUT2D eigenvalue weighted by molar-refractivity contribution is 0.0661. The van der Waals surface area contributed by atoms with Crippen LogP contribution in [0.2, 0.25) is 5.02 Å². The molecule has 0 unspecified atom stereocenters. The minimum atomic E-state index is -1.09. The van der Waals surface area contributed by atoms with Crippen molar-refractivity contribution < 1.29 is 14.3 Å².